The van der Waals surface area contributed by atoms with Gasteiger partial charge in [0.1, 0.15) is 11.5 Å². The molecule has 2 aromatic carbocycles. The van der Waals surface area contributed by atoms with Crippen LogP contribution in [0.15, 0.2) is 16.5 Å². The van der Waals surface area contributed by atoms with Gasteiger partial charge in [-0.2, -0.15) is 0 Å². The van der Waals surface area contributed by atoms with Gasteiger partial charge in [0.2, 0.25) is 0 Å². The Morgan fingerprint density at radius 3 is 1.00 bits per heavy atom. The number of hydrogen-bond acceptors (Lipinski definition) is 3. The quantitative estimate of drug-likeness (QED) is 0.438. The fraction of sp³-hybridized carbons (Fsp3) is 0.357. The van der Waals surface area contributed by atoms with Crippen molar-refractivity contribution in [2.75, 3.05) is 0 Å². The van der Waals surface area contributed by atoms with Crippen LogP contribution in [0.25, 0.3) is 0 Å². The fourth-order valence-electron chi connectivity index (χ4n) is 4.60. The zero-order valence-corrected chi connectivity index (χ0v) is 20.4. The van der Waals surface area contributed by atoms with E-state index in [1.54, 1.807) is 13.8 Å². The second kappa shape index (κ2) is 7.96. The molecule has 0 fully saturated rings. The van der Waals surface area contributed by atoms with Crippen LogP contribution in [0.4, 0.5) is 0 Å². The van der Waals surface area contributed by atoms with Crippen molar-refractivity contribution in [3.8, 4) is 0 Å². The Morgan fingerprint density at radius 1 is 0.484 bits per heavy atom. The molecule has 0 atom stereocenters. The molecule has 0 saturated heterocycles. The van der Waals surface area contributed by atoms with E-state index in [0.29, 0.717) is 33.8 Å². The minimum atomic E-state index is -0.140. The Bertz CT molecular complexity index is 1100. The summed E-state index contributed by atoms with van der Waals surface area (Å²) in [4.78, 5) is 27.7. The van der Waals surface area contributed by atoms with Crippen LogP contribution in [0.2, 0.25) is 0 Å². The van der Waals surface area contributed by atoms with Gasteiger partial charge in [-0.05, 0) is 114 Å². The minimum absolute atomic E-state index is 0.140. The topological polar surface area (TPSA) is 47.3 Å². The second-order valence-electron chi connectivity index (χ2n) is 8.89. The van der Waals surface area contributed by atoms with Gasteiger partial charge < -0.3 is 4.42 Å². The summed E-state index contributed by atoms with van der Waals surface area (Å²) in [6.45, 7) is 19.5. The van der Waals surface area contributed by atoms with Gasteiger partial charge in [-0.1, -0.05) is 12.1 Å². The van der Waals surface area contributed by atoms with Crippen molar-refractivity contribution in [3.05, 3.63) is 90.4 Å². The van der Waals surface area contributed by atoms with Crippen molar-refractivity contribution in [1.82, 2.24) is 0 Å². The molecule has 0 radical (unpaired) electrons. The lowest BCUT2D eigenvalue weighted by Crippen LogP contribution is -2.16. The number of benzene rings is 2. The predicted molar refractivity (Wildman–Crippen MR) is 126 cm³/mol. The monoisotopic (exact) mass is 416 g/mol. The summed E-state index contributed by atoms with van der Waals surface area (Å²) < 4.78 is 5.87. The van der Waals surface area contributed by atoms with E-state index in [1.807, 2.05) is 55.4 Å². The number of rotatable bonds is 4. The number of hydrogen-bond donors (Lipinski definition) is 0. The summed E-state index contributed by atoms with van der Waals surface area (Å²) in [6, 6.07) is 4.20. The zero-order chi connectivity index (χ0) is 23.4. The number of furan rings is 1. The molecule has 0 unspecified atom stereocenters. The number of carbonyl (C=O) groups is 2. The number of ketones is 2. The summed E-state index contributed by atoms with van der Waals surface area (Å²) in [5.41, 5.74) is 10.2. The Kier molecular flexibility index (Phi) is 5.84. The Balaban J connectivity index is 2.31. The average molecular weight is 417 g/mol. The summed E-state index contributed by atoms with van der Waals surface area (Å²) in [7, 11) is 0. The van der Waals surface area contributed by atoms with Gasteiger partial charge in [0.05, 0.1) is 11.1 Å². The maximum atomic E-state index is 13.9. The first-order valence-corrected chi connectivity index (χ1v) is 10.7. The number of aryl methyl sites for hydroxylation is 6. The molecule has 1 aromatic heterocycles. The highest BCUT2D eigenvalue weighted by molar-refractivity contribution is 6.22. The van der Waals surface area contributed by atoms with Crippen molar-refractivity contribution >= 4 is 11.6 Å². The van der Waals surface area contributed by atoms with E-state index < -0.39 is 0 Å². The van der Waals surface area contributed by atoms with Crippen LogP contribution < -0.4 is 0 Å². The van der Waals surface area contributed by atoms with Gasteiger partial charge in [-0.3, -0.25) is 9.59 Å². The van der Waals surface area contributed by atoms with Gasteiger partial charge in [-0.15, -0.1) is 0 Å². The lowest BCUT2D eigenvalue weighted by Gasteiger charge is -2.16. The molecule has 0 N–H and O–H groups in total. The third kappa shape index (κ3) is 3.56. The smallest absolute Gasteiger partial charge is 0.197 e. The minimum Gasteiger partial charge on any atom is -0.465 e. The van der Waals surface area contributed by atoms with Crippen molar-refractivity contribution in [2.24, 2.45) is 0 Å². The van der Waals surface area contributed by atoms with Gasteiger partial charge in [0, 0.05) is 11.1 Å². The molecular weight excluding hydrogens is 384 g/mol. The van der Waals surface area contributed by atoms with Crippen LogP contribution in [-0.4, -0.2) is 11.6 Å². The molecule has 1 heterocycles. The first-order valence-electron chi connectivity index (χ1n) is 10.7. The maximum absolute atomic E-state index is 13.9. The van der Waals surface area contributed by atoms with Crippen LogP contribution in [0.3, 0.4) is 0 Å². The lowest BCUT2D eigenvalue weighted by atomic mass is 9.84. The van der Waals surface area contributed by atoms with Crippen molar-refractivity contribution in [1.29, 1.82) is 0 Å². The predicted octanol–water partition coefficient (Wildman–Crippen LogP) is 6.83. The van der Waals surface area contributed by atoms with Gasteiger partial charge in [0.25, 0.3) is 0 Å². The number of carbonyl (C=O) groups excluding carboxylic acids is 2. The molecule has 0 amide bonds. The van der Waals surface area contributed by atoms with E-state index in [-0.39, 0.29) is 11.6 Å². The molecule has 3 rings (SSSR count). The third-order valence-corrected chi connectivity index (χ3v) is 6.90. The molecule has 3 aromatic rings. The molecule has 0 aliphatic rings. The molecule has 162 valence electrons. The largest absolute Gasteiger partial charge is 0.465 e. The molecule has 31 heavy (non-hydrogen) atoms. The van der Waals surface area contributed by atoms with E-state index in [1.165, 1.54) is 0 Å². The normalized spacial score (nSPS) is 11.2. The lowest BCUT2D eigenvalue weighted by molar-refractivity contribution is 0.100. The van der Waals surface area contributed by atoms with E-state index in [4.69, 9.17) is 4.42 Å². The van der Waals surface area contributed by atoms with Crippen LogP contribution in [-0.2, 0) is 0 Å². The molecule has 0 aliphatic carbocycles. The van der Waals surface area contributed by atoms with Gasteiger partial charge in [0.15, 0.2) is 11.6 Å². The first kappa shape index (κ1) is 22.7. The van der Waals surface area contributed by atoms with E-state index in [0.717, 1.165) is 44.5 Å². The summed E-state index contributed by atoms with van der Waals surface area (Å²) in [6.07, 6.45) is 0. The summed E-state index contributed by atoms with van der Waals surface area (Å²) >= 11 is 0. The van der Waals surface area contributed by atoms with Crippen molar-refractivity contribution < 1.29 is 14.0 Å². The van der Waals surface area contributed by atoms with Crippen molar-refractivity contribution in [3.63, 3.8) is 0 Å². The Morgan fingerprint density at radius 2 is 0.742 bits per heavy atom. The fourth-order valence-corrected chi connectivity index (χ4v) is 4.60. The highest BCUT2D eigenvalue weighted by Gasteiger charge is 2.31. The molecular formula is C28H32O3. The van der Waals surface area contributed by atoms with Crippen LogP contribution in [0, 0.1) is 69.2 Å². The second-order valence-corrected chi connectivity index (χ2v) is 8.89. The highest BCUT2D eigenvalue weighted by atomic mass is 16.3. The molecule has 0 aliphatic heterocycles. The molecule has 3 heteroatoms. The van der Waals surface area contributed by atoms with E-state index >= 15 is 0 Å². The first-order chi connectivity index (χ1) is 14.4. The van der Waals surface area contributed by atoms with Crippen LogP contribution in [0.5, 0.6) is 0 Å². The van der Waals surface area contributed by atoms with Gasteiger partial charge >= 0.3 is 0 Å². The Hall–Kier alpha value is -2.94. The average Bonchev–Trinajstić information content (AvgIpc) is 2.98. The van der Waals surface area contributed by atoms with Gasteiger partial charge in [-0.25, -0.2) is 0 Å². The Labute approximate surface area is 185 Å². The van der Waals surface area contributed by atoms with Crippen molar-refractivity contribution in [2.45, 2.75) is 69.2 Å². The molecule has 0 spiro atoms. The molecule has 3 nitrogen and oxygen atoms in total. The SMILES string of the molecule is Cc1cc(C)c(C)c(C(=O)c2c(C)oc(C)c2C(=O)c2c(C)c(C)cc(C)c2C)c1C. The summed E-state index contributed by atoms with van der Waals surface area (Å²) in [5, 5.41) is 0. The summed E-state index contributed by atoms with van der Waals surface area (Å²) in [5.74, 6) is 0.699. The van der Waals surface area contributed by atoms with E-state index in [9.17, 15) is 9.59 Å². The zero-order valence-electron chi connectivity index (χ0n) is 20.4. The van der Waals surface area contributed by atoms with Crippen LogP contribution in [0.1, 0.15) is 87.9 Å². The highest BCUT2D eigenvalue weighted by Crippen LogP contribution is 2.33. The molecule has 0 saturated carbocycles. The standard InChI is InChI=1S/C28H32O3/c1-13-11-14(2)18(6)23(17(13)5)27(29)25-21(9)31-22(10)26(25)28(30)24-19(7)15(3)12-16(4)20(24)8/h11-12H,1-10H3. The maximum Gasteiger partial charge on any atom is 0.197 e. The van der Waals surface area contributed by atoms with E-state index in [2.05, 4.69) is 12.1 Å². The van der Waals surface area contributed by atoms with Crippen LogP contribution >= 0.6 is 0 Å². The third-order valence-electron chi connectivity index (χ3n) is 6.90. The molecule has 0 bridgehead atoms.